The van der Waals surface area contributed by atoms with Crippen molar-refractivity contribution in [2.24, 2.45) is 5.92 Å². The van der Waals surface area contributed by atoms with Gasteiger partial charge in [-0.2, -0.15) is 0 Å². The van der Waals surface area contributed by atoms with Crippen molar-refractivity contribution in [1.29, 1.82) is 0 Å². The lowest BCUT2D eigenvalue weighted by Gasteiger charge is -2.20. The number of fused-ring (bicyclic) bond motifs is 1. The van der Waals surface area contributed by atoms with Crippen LogP contribution in [0.5, 0.6) is 0 Å². The Kier molecular flexibility index (Phi) is 3.46. The fraction of sp³-hybridized carbons (Fsp3) is 0.312. The smallest absolute Gasteiger partial charge is 0.113 e. The predicted octanol–water partition coefficient (Wildman–Crippen LogP) is 3.46. The highest BCUT2D eigenvalue weighted by Crippen LogP contribution is 2.27. The van der Waals surface area contributed by atoms with E-state index in [1.165, 1.54) is 5.56 Å². The van der Waals surface area contributed by atoms with Crippen LogP contribution in [0.2, 0.25) is 0 Å². The van der Waals surface area contributed by atoms with Crippen molar-refractivity contribution in [3.8, 4) is 0 Å². The molecule has 3 rings (SSSR count). The van der Waals surface area contributed by atoms with Crippen molar-refractivity contribution >= 4 is 11.0 Å². The van der Waals surface area contributed by atoms with Crippen molar-refractivity contribution in [3.05, 3.63) is 54.4 Å². The summed E-state index contributed by atoms with van der Waals surface area (Å²) in [4.78, 5) is 4.24. The number of rotatable bonds is 4. The molecule has 2 heterocycles. The Bertz CT molecular complexity index is 688. The summed E-state index contributed by atoms with van der Waals surface area (Å²) in [5, 5.41) is 8.63. The number of hydrogen-bond donors (Lipinski definition) is 0. The molecule has 0 saturated carbocycles. The van der Waals surface area contributed by atoms with E-state index in [0.717, 1.165) is 17.5 Å². The molecule has 0 aliphatic carbocycles. The van der Waals surface area contributed by atoms with E-state index >= 15 is 0 Å². The fourth-order valence-corrected chi connectivity index (χ4v) is 2.51. The minimum atomic E-state index is 0.177. The Morgan fingerprint density at radius 3 is 2.70 bits per heavy atom. The van der Waals surface area contributed by atoms with E-state index in [2.05, 4.69) is 41.3 Å². The van der Waals surface area contributed by atoms with E-state index in [-0.39, 0.29) is 6.04 Å². The molecule has 0 saturated heterocycles. The third-order valence-electron chi connectivity index (χ3n) is 3.44. The van der Waals surface area contributed by atoms with Gasteiger partial charge in [-0.3, -0.25) is 4.98 Å². The van der Waals surface area contributed by atoms with Crippen LogP contribution in [-0.2, 0) is 0 Å². The molecule has 102 valence electrons. The molecule has 0 aliphatic heterocycles. The summed E-state index contributed by atoms with van der Waals surface area (Å²) < 4.78 is 2.02. The largest absolute Gasteiger partial charge is 0.264 e. The topological polar surface area (TPSA) is 43.6 Å². The summed E-state index contributed by atoms with van der Waals surface area (Å²) in [5.74, 6) is 0.572. The van der Waals surface area contributed by atoms with Crippen molar-refractivity contribution < 1.29 is 0 Å². The minimum absolute atomic E-state index is 0.177. The number of aromatic nitrogens is 4. The second kappa shape index (κ2) is 5.41. The zero-order chi connectivity index (χ0) is 13.9. The van der Waals surface area contributed by atoms with Crippen LogP contribution in [-0.4, -0.2) is 20.0 Å². The molecule has 1 unspecified atom stereocenters. The van der Waals surface area contributed by atoms with Gasteiger partial charge in [0, 0.05) is 12.4 Å². The van der Waals surface area contributed by atoms with Crippen LogP contribution < -0.4 is 0 Å². The number of hydrogen-bond acceptors (Lipinski definition) is 3. The van der Waals surface area contributed by atoms with E-state index in [9.17, 15) is 0 Å². The molecule has 0 N–H and O–H groups in total. The molecule has 0 aliphatic rings. The molecule has 0 radical (unpaired) electrons. The van der Waals surface area contributed by atoms with Gasteiger partial charge < -0.3 is 0 Å². The van der Waals surface area contributed by atoms with Gasteiger partial charge in [0.2, 0.25) is 0 Å². The summed E-state index contributed by atoms with van der Waals surface area (Å²) in [7, 11) is 0. The zero-order valence-corrected chi connectivity index (χ0v) is 11.8. The van der Waals surface area contributed by atoms with Gasteiger partial charge in [-0.1, -0.05) is 37.3 Å². The Morgan fingerprint density at radius 2 is 1.95 bits per heavy atom. The van der Waals surface area contributed by atoms with Gasteiger partial charge in [0.15, 0.2) is 0 Å². The second-order valence-electron chi connectivity index (χ2n) is 5.45. The fourth-order valence-electron chi connectivity index (χ4n) is 2.51. The molecule has 1 aromatic carbocycles. The third-order valence-corrected chi connectivity index (χ3v) is 3.44. The predicted molar refractivity (Wildman–Crippen MR) is 79.4 cm³/mol. The van der Waals surface area contributed by atoms with Crippen molar-refractivity contribution in [1.82, 2.24) is 20.0 Å². The van der Waals surface area contributed by atoms with Crippen LogP contribution in [0.15, 0.2) is 48.8 Å². The maximum atomic E-state index is 4.36. The summed E-state index contributed by atoms with van der Waals surface area (Å²) in [6, 6.07) is 12.3. The van der Waals surface area contributed by atoms with Crippen molar-refractivity contribution in [2.45, 2.75) is 26.3 Å². The molecule has 0 amide bonds. The first kappa shape index (κ1) is 12.8. The van der Waals surface area contributed by atoms with Crippen LogP contribution in [0, 0.1) is 5.92 Å². The van der Waals surface area contributed by atoms with Crippen molar-refractivity contribution in [3.63, 3.8) is 0 Å². The zero-order valence-electron chi connectivity index (χ0n) is 11.8. The Balaban J connectivity index is 2.09. The van der Waals surface area contributed by atoms with E-state index in [1.807, 2.05) is 35.1 Å². The average molecular weight is 266 g/mol. The second-order valence-corrected chi connectivity index (χ2v) is 5.45. The van der Waals surface area contributed by atoms with Gasteiger partial charge in [0.1, 0.15) is 5.52 Å². The molecule has 4 nitrogen and oxygen atoms in total. The molecule has 2 aromatic heterocycles. The molecular formula is C16H18N4. The number of para-hydroxylation sites is 1. The van der Waals surface area contributed by atoms with Crippen LogP contribution in [0.1, 0.15) is 31.9 Å². The van der Waals surface area contributed by atoms with Gasteiger partial charge in [0.25, 0.3) is 0 Å². The molecule has 0 bridgehead atoms. The van der Waals surface area contributed by atoms with E-state index < -0.39 is 0 Å². The first-order valence-corrected chi connectivity index (χ1v) is 6.95. The highest BCUT2D eigenvalue weighted by atomic mass is 15.4. The minimum Gasteiger partial charge on any atom is -0.264 e. The maximum absolute atomic E-state index is 4.36. The lowest BCUT2D eigenvalue weighted by molar-refractivity contribution is 0.422. The molecule has 0 fully saturated rings. The lowest BCUT2D eigenvalue weighted by Crippen LogP contribution is -2.15. The van der Waals surface area contributed by atoms with Crippen LogP contribution >= 0.6 is 0 Å². The standard InChI is InChI=1S/C16H18N4/c1-12(2)10-16(13-6-5-9-17-11-13)20-15-8-4-3-7-14(15)18-19-20/h3-9,11-12,16H,10H2,1-2H3. The molecule has 4 heteroatoms. The van der Waals surface area contributed by atoms with Crippen LogP contribution in [0.25, 0.3) is 11.0 Å². The summed E-state index contributed by atoms with van der Waals surface area (Å²) in [5.41, 5.74) is 3.18. The first-order chi connectivity index (χ1) is 9.75. The Labute approximate surface area is 118 Å². The van der Waals surface area contributed by atoms with Crippen LogP contribution in [0.4, 0.5) is 0 Å². The third kappa shape index (κ3) is 2.41. The average Bonchev–Trinajstić information content (AvgIpc) is 2.89. The Hall–Kier alpha value is -2.23. The normalized spacial score (nSPS) is 12.9. The molecule has 1 atom stereocenters. The monoisotopic (exact) mass is 266 g/mol. The van der Waals surface area contributed by atoms with Gasteiger partial charge in [-0.05, 0) is 36.1 Å². The molecule has 3 aromatic rings. The number of nitrogens with zero attached hydrogens (tertiary/aromatic N) is 4. The van der Waals surface area contributed by atoms with E-state index in [1.54, 1.807) is 6.20 Å². The number of pyridine rings is 1. The first-order valence-electron chi connectivity index (χ1n) is 6.95. The molecular weight excluding hydrogens is 248 g/mol. The quantitative estimate of drug-likeness (QED) is 0.726. The Morgan fingerprint density at radius 1 is 1.10 bits per heavy atom. The molecule has 20 heavy (non-hydrogen) atoms. The summed E-state index contributed by atoms with van der Waals surface area (Å²) in [6.07, 6.45) is 4.73. The van der Waals surface area contributed by atoms with Gasteiger partial charge >= 0.3 is 0 Å². The summed E-state index contributed by atoms with van der Waals surface area (Å²) >= 11 is 0. The van der Waals surface area contributed by atoms with E-state index in [0.29, 0.717) is 5.92 Å². The van der Waals surface area contributed by atoms with Gasteiger partial charge in [-0.15, -0.1) is 5.10 Å². The van der Waals surface area contributed by atoms with Gasteiger partial charge in [-0.25, -0.2) is 4.68 Å². The number of benzene rings is 1. The van der Waals surface area contributed by atoms with Gasteiger partial charge in [0.05, 0.1) is 11.6 Å². The highest BCUT2D eigenvalue weighted by molar-refractivity contribution is 5.74. The lowest BCUT2D eigenvalue weighted by atomic mass is 9.98. The maximum Gasteiger partial charge on any atom is 0.113 e. The molecule has 0 spiro atoms. The highest BCUT2D eigenvalue weighted by Gasteiger charge is 2.19. The SMILES string of the molecule is CC(C)CC(c1cccnc1)n1nnc2ccccc21. The van der Waals surface area contributed by atoms with E-state index in [4.69, 9.17) is 0 Å². The van der Waals surface area contributed by atoms with Crippen molar-refractivity contribution in [2.75, 3.05) is 0 Å². The van der Waals surface area contributed by atoms with Crippen LogP contribution in [0.3, 0.4) is 0 Å². The summed E-state index contributed by atoms with van der Waals surface area (Å²) in [6.45, 7) is 4.45.